The number of amides is 1. The molecule has 3 heteroatoms. The van der Waals surface area contributed by atoms with E-state index in [1.165, 1.54) is 5.56 Å². The lowest BCUT2D eigenvalue weighted by atomic mass is 9.96. The fourth-order valence-electron chi connectivity index (χ4n) is 2.32. The molecule has 20 heavy (non-hydrogen) atoms. The van der Waals surface area contributed by atoms with Gasteiger partial charge in [-0.15, -0.1) is 0 Å². The highest BCUT2D eigenvalue weighted by atomic mass is 16.1. The number of hydrogen-bond acceptors (Lipinski definition) is 2. The van der Waals surface area contributed by atoms with Crippen molar-refractivity contribution in [2.45, 2.75) is 52.0 Å². The lowest BCUT2D eigenvalue weighted by molar-refractivity contribution is -0.122. The van der Waals surface area contributed by atoms with E-state index in [4.69, 9.17) is 5.73 Å². The first kappa shape index (κ1) is 16.7. The Hall–Kier alpha value is -1.35. The monoisotopic (exact) mass is 276 g/mol. The molecule has 3 N–H and O–H groups in total. The number of nitrogens with two attached hydrogens (primary N) is 1. The Labute approximate surface area is 122 Å². The van der Waals surface area contributed by atoms with Crippen LogP contribution in [0.4, 0.5) is 0 Å². The van der Waals surface area contributed by atoms with E-state index in [1.54, 1.807) is 0 Å². The predicted molar refractivity (Wildman–Crippen MR) is 84.3 cm³/mol. The molecule has 112 valence electrons. The molecule has 0 saturated heterocycles. The Morgan fingerprint density at radius 3 is 2.35 bits per heavy atom. The zero-order valence-corrected chi connectivity index (χ0v) is 12.8. The van der Waals surface area contributed by atoms with E-state index in [-0.39, 0.29) is 11.9 Å². The van der Waals surface area contributed by atoms with E-state index in [0.717, 1.165) is 32.2 Å². The first-order valence-corrected chi connectivity index (χ1v) is 7.69. The van der Waals surface area contributed by atoms with E-state index in [0.29, 0.717) is 12.3 Å². The molecule has 0 fully saturated rings. The van der Waals surface area contributed by atoms with Crippen molar-refractivity contribution >= 4 is 5.91 Å². The highest BCUT2D eigenvalue weighted by molar-refractivity contribution is 5.76. The first-order chi connectivity index (χ1) is 9.65. The number of unbranched alkanes of at least 4 members (excludes halogenated alkanes) is 3. The molecule has 0 radical (unpaired) electrons. The Morgan fingerprint density at radius 1 is 1.10 bits per heavy atom. The van der Waals surface area contributed by atoms with Crippen LogP contribution in [0.2, 0.25) is 0 Å². The van der Waals surface area contributed by atoms with Gasteiger partial charge >= 0.3 is 0 Å². The highest BCUT2D eigenvalue weighted by Gasteiger charge is 2.17. The molecule has 1 aromatic carbocycles. The molecule has 0 spiro atoms. The fourth-order valence-corrected chi connectivity index (χ4v) is 2.32. The van der Waals surface area contributed by atoms with Crippen LogP contribution in [-0.2, 0) is 4.79 Å². The van der Waals surface area contributed by atoms with E-state index in [2.05, 4.69) is 31.3 Å². The molecule has 0 heterocycles. The summed E-state index contributed by atoms with van der Waals surface area (Å²) in [5.41, 5.74) is 6.63. The number of nitrogens with one attached hydrogen (secondary N) is 1. The van der Waals surface area contributed by atoms with E-state index < -0.39 is 0 Å². The molecule has 1 amide bonds. The second-order valence-electron chi connectivity index (χ2n) is 5.65. The average Bonchev–Trinajstić information content (AvgIpc) is 2.45. The van der Waals surface area contributed by atoms with Gasteiger partial charge in [0.2, 0.25) is 5.91 Å². The third-order valence-electron chi connectivity index (χ3n) is 3.50. The molecular formula is C17H28N2O. The largest absolute Gasteiger partial charge is 0.349 e. The molecule has 1 rings (SSSR count). The van der Waals surface area contributed by atoms with Crippen LogP contribution >= 0.6 is 0 Å². The van der Waals surface area contributed by atoms with Crippen molar-refractivity contribution in [2.24, 2.45) is 11.7 Å². The Morgan fingerprint density at radius 2 is 1.75 bits per heavy atom. The topological polar surface area (TPSA) is 55.1 Å². The van der Waals surface area contributed by atoms with Crippen LogP contribution < -0.4 is 11.1 Å². The van der Waals surface area contributed by atoms with Gasteiger partial charge in [0.05, 0.1) is 6.04 Å². The summed E-state index contributed by atoms with van der Waals surface area (Å²) < 4.78 is 0. The summed E-state index contributed by atoms with van der Waals surface area (Å²) in [6.07, 6.45) is 4.82. The third-order valence-corrected chi connectivity index (χ3v) is 3.50. The minimum absolute atomic E-state index is 0.104. The van der Waals surface area contributed by atoms with Gasteiger partial charge in [-0.05, 0) is 30.9 Å². The van der Waals surface area contributed by atoms with Gasteiger partial charge in [0, 0.05) is 6.42 Å². The minimum Gasteiger partial charge on any atom is -0.349 e. The molecule has 1 unspecified atom stereocenters. The van der Waals surface area contributed by atoms with Crippen molar-refractivity contribution in [3.63, 3.8) is 0 Å². The van der Waals surface area contributed by atoms with Crippen LogP contribution in [0.3, 0.4) is 0 Å². The van der Waals surface area contributed by atoms with Crippen molar-refractivity contribution in [1.29, 1.82) is 0 Å². The lowest BCUT2D eigenvalue weighted by Gasteiger charge is -2.23. The maximum absolute atomic E-state index is 12.0. The number of benzene rings is 1. The summed E-state index contributed by atoms with van der Waals surface area (Å²) in [6.45, 7) is 5.02. The Balaban J connectivity index is 2.40. The maximum Gasteiger partial charge on any atom is 0.220 e. The van der Waals surface area contributed by atoms with Gasteiger partial charge in [0.1, 0.15) is 0 Å². The van der Waals surface area contributed by atoms with Crippen LogP contribution in [0.5, 0.6) is 0 Å². The Bertz CT molecular complexity index is 376. The minimum atomic E-state index is 0.104. The molecule has 3 nitrogen and oxygen atoms in total. The molecule has 1 atom stereocenters. The second-order valence-corrected chi connectivity index (χ2v) is 5.65. The van der Waals surface area contributed by atoms with Gasteiger partial charge in [0.25, 0.3) is 0 Å². The lowest BCUT2D eigenvalue weighted by Crippen LogP contribution is -2.31. The van der Waals surface area contributed by atoms with Gasteiger partial charge in [0.15, 0.2) is 0 Å². The Kier molecular flexibility index (Phi) is 7.97. The van der Waals surface area contributed by atoms with Crippen molar-refractivity contribution in [3.05, 3.63) is 35.9 Å². The highest BCUT2D eigenvalue weighted by Crippen LogP contribution is 2.21. The summed E-state index contributed by atoms with van der Waals surface area (Å²) in [4.78, 5) is 12.0. The molecule has 0 bridgehead atoms. The van der Waals surface area contributed by atoms with Gasteiger partial charge in [-0.2, -0.15) is 0 Å². The molecular weight excluding hydrogens is 248 g/mol. The van der Waals surface area contributed by atoms with E-state index in [1.807, 2.05) is 18.2 Å². The normalized spacial score (nSPS) is 12.4. The average molecular weight is 276 g/mol. The number of carbonyl (C=O) groups is 1. The van der Waals surface area contributed by atoms with Crippen molar-refractivity contribution in [3.8, 4) is 0 Å². The van der Waals surface area contributed by atoms with Gasteiger partial charge < -0.3 is 11.1 Å². The van der Waals surface area contributed by atoms with Crippen LogP contribution in [0.25, 0.3) is 0 Å². The van der Waals surface area contributed by atoms with Crippen molar-refractivity contribution < 1.29 is 4.79 Å². The number of carbonyl (C=O) groups excluding carboxylic acids is 1. The zero-order valence-electron chi connectivity index (χ0n) is 12.8. The van der Waals surface area contributed by atoms with Crippen LogP contribution in [0.15, 0.2) is 30.3 Å². The van der Waals surface area contributed by atoms with Crippen LogP contribution in [0, 0.1) is 5.92 Å². The van der Waals surface area contributed by atoms with Crippen LogP contribution in [0.1, 0.15) is 57.6 Å². The summed E-state index contributed by atoms with van der Waals surface area (Å²) in [5, 5.41) is 3.16. The molecule has 0 aromatic heterocycles. The quantitative estimate of drug-likeness (QED) is 0.679. The maximum atomic E-state index is 12.0. The second kappa shape index (κ2) is 9.54. The van der Waals surface area contributed by atoms with Crippen molar-refractivity contribution in [2.75, 3.05) is 6.54 Å². The summed E-state index contributed by atoms with van der Waals surface area (Å²) in [6, 6.07) is 10.3. The van der Waals surface area contributed by atoms with Gasteiger partial charge in [-0.3, -0.25) is 4.79 Å². The zero-order chi connectivity index (χ0) is 14.8. The standard InChI is InChI=1S/C17H28N2O/c1-14(2)17(15-10-6-5-7-11-15)19-16(20)12-8-3-4-9-13-18/h5-7,10-11,14,17H,3-4,8-9,12-13,18H2,1-2H3,(H,19,20). The van der Waals surface area contributed by atoms with E-state index in [9.17, 15) is 4.79 Å². The summed E-state index contributed by atoms with van der Waals surface area (Å²) in [5.74, 6) is 0.541. The van der Waals surface area contributed by atoms with Gasteiger partial charge in [-0.1, -0.05) is 57.0 Å². The molecule has 0 saturated carbocycles. The molecule has 0 aliphatic heterocycles. The molecule has 0 aliphatic rings. The predicted octanol–water partition coefficient (Wildman–Crippen LogP) is 3.41. The fraction of sp³-hybridized carbons (Fsp3) is 0.588. The smallest absolute Gasteiger partial charge is 0.220 e. The molecule has 1 aromatic rings. The summed E-state index contributed by atoms with van der Waals surface area (Å²) in [7, 11) is 0. The number of rotatable bonds is 9. The van der Waals surface area contributed by atoms with E-state index >= 15 is 0 Å². The number of hydrogen-bond donors (Lipinski definition) is 2. The van der Waals surface area contributed by atoms with Crippen LogP contribution in [-0.4, -0.2) is 12.5 Å². The SMILES string of the molecule is CC(C)C(NC(=O)CCCCCCN)c1ccccc1. The van der Waals surface area contributed by atoms with Crippen molar-refractivity contribution in [1.82, 2.24) is 5.32 Å². The third kappa shape index (κ3) is 6.20. The first-order valence-electron chi connectivity index (χ1n) is 7.69. The van der Waals surface area contributed by atoms with Gasteiger partial charge in [-0.25, -0.2) is 0 Å². The summed E-state index contributed by atoms with van der Waals surface area (Å²) >= 11 is 0. The molecule has 0 aliphatic carbocycles.